The predicted molar refractivity (Wildman–Crippen MR) is 78.4 cm³/mol. The number of carbonyl (C=O) groups excluding carboxylic acids is 1. The number of carbonyl (C=O) groups is 1. The summed E-state index contributed by atoms with van der Waals surface area (Å²) in [4.78, 5) is 24.0. The number of rotatable bonds is 5. The van der Waals surface area contributed by atoms with Gasteiger partial charge in [0.05, 0.1) is 6.61 Å². The van der Waals surface area contributed by atoms with Gasteiger partial charge >= 0.3 is 5.97 Å². The van der Waals surface area contributed by atoms with Gasteiger partial charge in [-0.05, 0) is 18.6 Å². The molecule has 5 heteroatoms. The molecule has 110 valence electrons. The van der Waals surface area contributed by atoms with Gasteiger partial charge in [-0.15, -0.1) is 0 Å². The Morgan fingerprint density at radius 1 is 1.19 bits per heavy atom. The molecule has 0 unspecified atom stereocenters. The van der Waals surface area contributed by atoms with E-state index in [9.17, 15) is 9.59 Å². The van der Waals surface area contributed by atoms with Crippen molar-refractivity contribution >= 4 is 5.97 Å². The lowest BCUT2D eigenvalue weighted by molar-refractivity contribution is 0.0520. The van der Waals surface area contributed by atoms with Crippen molar-refractivity contribution in [1.29, 1.82) is 0 Å². The zero-order valence-corrected chi connectivity index (χ0v) is 12.0. The largest absolute Gasteiger partial charge is 0.482 e. The number of hydrogen-bond donors (Lipinski definition) is 0. The van der Waals surface area contributed by atoms with E-state index >= 15 is 0 Å². The summed E-state index contributed by atoms with van der Waals surface area (Å²) < 4.78 is 11.9. The van der Waals surface area contributed by atoms with Gasteiger partial charge in [-0.1, -0.05) is 30.3 Å². The molecule has 1 heterocycles. The highest BCUT2D eigenvalue weighted by Crippen LogP contribution is 2.16. The lowest BCUT2D eigenvalue weighted by atomic mass is 10.2. The van der Waals surface area contributed by atoms with E-state index in [1.54, 1.807) is 14.0 Å². The molecule has 1 aromatic heterocycles. The maximum Gasteiger partial charge on any atom is 0.342 e. The number of hydrogen-bond acceptors (Lipinski definition) is 4. The van der Waals surface area contributed by atoms with Gasteiger partial charge in [0.25, 0.3) is 5.56 Å². The van der Waals surface area contributed by atoms with Crippen molar-refractivity contribution in [2.75, 3.05) is 6.61 Å². The van der Waals surface area contributed by atoms with Gasteiger partial charge in [-0.25, -0.2) is 4.79 Å². The van der Waals surface area contributed by atoms with Crippen molar-refractivity contribution in [3.05, 3.63) is 64.1 Å². The summed E-state index contributed by atoms with van der Waals surface area (Å²) in [6, 6.07) is 11.0. The van der Waals surface area contributed by atoms with Crippen LogP contribution >= 0.6 is 0 Å². The average Bonchev–Trinajstić information content (AvgIpc) is 2.50. The minimum atomic E-state index is -0.557. The third-order valence-corrected chi connectivity index (χ3v) is 2.95. The second kappa shape index (κ2) is 6.74. The fourth-order valence-electron chi connectivity index (χ4n) is 1.84. The summed E-state index contributed by atoms with van der Waals surface area (Å²) in [5.41, 5.74) is 0.700. The van der Waals surface area contributed by atoms with Gasteiger partial charge in [0.1, 0.15) is 12.2 Å². The van der Waals surface area contributed by atoms with E-state index in [0.717, 1.165) is 5.56 Å². The molecule has 0 fully saturated rings. The van der Waals surface area contributed by atoms with Gasteiger partial charge in [0.2, 0.25) is 0 Å². The van der Waals surface area contributed by atoms with Gasteiger partial charge in [0, 0.05) is 13.2 Å². The van der Waals surface area contributed by atoms with Crippen LogP contribution in [0.1, 0.15) is 22.8 Å². The van der Waals surface area contributed by atoms with Gasteiger partial charge in [0.15, 0.2) is 5.75 Å². The number of aromatic nitrogens is 1. The molecule has 2 rings (SSSR count). The number of esters is 1. The minimum absolute atomic E-state index is 0.0160. The van der Waals surface area contributed by atoms with Gasteiger partial charge in [-0.2, -0.15) is 0 Å². The van der Waals surface area contributed by atoms with E-state index < -0.39 is 5.97 Å². The van der Waals surface area contributed by atoms with Crippen LogP contribution in [0.25, 0.3) is 0 Å². The van der Waals surface area contributed by atoms with Crippen LogP contribution in [-0.2, 0) is 18.4 Å². The van der Waals surface area contributed by atoms with Crippen molar-refractivity contribution in [3.8, 4) is 5.75 Å². The average molecular weight is 287 g/mol. The molecule has 0 aliphatic carbocycles. The Morgan fingerprint density at radius 3 is 2.57 bits per heavy atom. The zero-order valence-electron chi connectivity index (χ0n) is 12.0. The molecule has 0 saturated heterocycles. The molecule has 21 heavy (non-hydrogen) atoms. The maximum atomic E-state index is 12.1. The van der Waals surface area contributed by atoms with Crippen molar-refractivity contribution in [1.82, 2.24) is 4.57 Å². The molecule has 0 aliphatic heterocycles. The lowest BCUT2D eigenvalue weighted by Crippen LogP contribution is -2.22. The highest BCUT2D eigenvalue weighted by Gasteiger charge is 2.18. The normalized spacial score (nSPS) is 10.2. The van der Waals surface area contributed by atoms with E-state index in [-0.39, 0.29) is 30.1 Å². The molecular formula is C16H17NO4. The fourth-order valence-corrected chi connectivity index (χ4v) is 1.84. The first-order valence-electron chi connectivity index (χ1n) is 6.67. The quantitative estimate of drug-likeness (QED) is 0.791. The van der Waals surface area contributed by atoms with E-state index in [1.807, 2.05) is 30.3 Å². The van der Waals surface area contributed by atoms with Crippen molar-refractivity contribution < 1.29 is 14.3 Å². The van der Waals surface area contributed by atoms with Crippen molar-refractivity contribution in [2.45, 2.75) is 13.5 Å². The number of pyridine rings is 1. The van der Waals surface area contributed by atoms with E-state index in [2.05, 4.69) is 0 Å². The summed E-state index contributed by atoms with van der Waals surface area (Å²) in [7, 11) is 1.60. The fraction of sp³-hybridized carbons (Fsp3) is 0.250. The standard InChI is InChI=1S/C16H17NO4/c1-3-20-16(19)13-9-10-17(2)15(18)14(13)21-11-12-7-5-4-6-8-12/h4-10H,3,11H2,1-2H3. The Balaban J connectivity index is 2.30. The van der Waals surface area contributed by atoms with Crippen LogP contribution in [0.4, 0.5) is 0 Å². The van der Waals surface area contributed by atoms with Crippen molar-refractivity contribution in [2.24, 2.45) is 7.05 Å². The van der Waals surface area contributed by atoms with Crippen LogP contribution in [0, 0.1) is 0 Å². The van der Waals surface area contributed by atoms with Crippen LogP contribution in [0.2, 0.25) is 0 Å². The number of benzene rings is 1. The van der Waals surface area contributed by atoms with E-state index in [1.165, 1.54) is 16.8 Å². The first kappa shape index (κ1) is 14.8. The van der Waals surface area contributed by atoms with Gasteiger partial charge < -0.3 is 14.0 Å². The molecule has 0 radical (unpaired) electrons. The first-order chi connectivity index (χ1) is 10.1. The summed E-state index contributed by atoms with van der Waals surface area (Å²) in [5, 5.41) is 0. The summed E-state index contributed by atoms with van der Waals surface area (Å²) in [5.74, 6) is -0.541. The van der Waals surface area contributed by atoms with Gasteiger partial charge in [-0.3, -0.25) is 4.79 Å². The zero-order chi connectivity index (χ0) is 15.2. The molecular weight excluding hydrogens is 270 g/mol. The molecule has 0 spiro atoms. The first-order valence-corrected chi connectivity index (χ1v) is 6.67. The maximum absolute atomic E-state index is 12.1. The Labute approximate surface area is 122 Å². The molecule has 5 nitrogen and oxygen atoms in total. The second-order valence-electron chi connectivity index (χ2n) is 4.47. The Bertz CT molecular complexity index is 676. The highest BCUT2D eigenvalue weighted by atomic mass is 16.5. The second-order valence-corrected chi connectivity index (χ2v) is 4.47. The Hall–Kier alpha value is -2.56. The molecule has 0 aliphatic rings. The molecule has 0 amide bonds. The number of nitrogens with zero attached hydrogens (tertiary/aromatic N) is 1. The predicted octanol–water partition coefficient (Wildman–Crippen LogP) is 2.14. The number of aryl methyl sites for hydroxylation is 1. The SMILES string of the molecule is CCOC(=O)c1ccn(C)c(=O)c1OCc1ccccc1. The molecule has 0 saturated carbocycles. The Kier molecular flexibility index (Phi) is 4.77. The van der Waals surface area contributed by atoms with E-state index in [0.29, 0.717) is 0 Å². The monoisotopic (exact) mass is 287 g/mol. The lowest BCUT2D eigenvalue weighted by Gasteiger charge is -2.11. The molecule has 0 bridgehead atoms. The Morgan fingerprint density at radius 2 is 1.90 bits per heavy atom. The third kappa shape index (κ3) is 3.51. The van der Waals surface area contributed by atoms with Crippen LogP contribution in [0.3, 0.4) is 0 Å². The molecule has 1 aromatic carbocycles. The van der Waals surface area contributed by atoms with Crippen LogP contribution in [-0.4, -0.2) is 17.1 Å². The van der Waals surface area contributed by atoms with Crippen LogP contribution in [0.5, 0.6) is 5.75 Å². The summed E-state index contributed by atoms with van der Waals surface area (Å²) >= 11 is 0. The number of ether oxygens (including phenoxy) is 2. The van der Waals surface area contributed by atoms with E-state index in [4.69, 9.17) is 9.47 Å². The summed E-state index contributed by atoms with van der Waals surface area (Å²) in [6.45, 7) is 2.17. The highest BCUT2D eigenvalue weighted by molar-refractivity contribution is 5.92. The molecule has 2 aromatic rings. The molecule has 0 N–H and O–H groups in total. The minimum Gasteiger partial charge on any atom is -0.482 e. The topological polar surface area (TPSA) is 57.5 Å². The smallest absolute Gasteiger partial charge is 0.342 e. The van der Waals surface area contributed by atoms with Crippen LogP contribution in [0.15, 0.2) is 47.4 Å². The third-order valence-electron chi connectivity index (χ3n) is 2.95. The van der Waals surface area contributed by atoms with Crippen molar-refractivity contribution in [3.63, 3.8) is 0 Å². The van der Waals surface area contributed by atoms with Crippen LogP contribution < -0.4 is 10.3 Å². The summed E-state index contributed by atoms with van der Waals surface area (Å²) in [6.07, 6.45) is 1.52. The molecule has 0 atom stereocenters.